The molecule has 0 saturated carbocycles. The summed E-state index contributed by atoms with van der Waals surface area (Å²) in [6, 6.07) is 33.4. The molecule has 0 radical (unpaired) electrons. The average Bonchev–Trinajstić information content (AvgIpc) is 2.78. The Kier molecular flexibility index (Phi) is 4.42. The third kappa shape index (κ3) is 3.12. The first-order chi connectivity index (χ1) is 14.2. The van der Waals surface area contributed by atoms with Crippen molar-refractivity contribution in [2.45, 2.75) is 0 Å². The van der Waals surface area contributed by atoms with Crippen molar-refractivity contribution in [3.63, 3.8) is 0 Å². The molecule has 0 fully saturated rings. The molecule has 29 heavy (non-hydrogen) atoms. The van der Waals surface area contributed by atoms with Gasteiger partial charge in [-0.05, 0) is 66.0 Å². The number of aromatic nitrogens is 1. The molecule has 2 nitrogen and oxygen atoms in total. The maximum absolute atomic E-state index is 6.31. The van der Waals surface area contributed by atoms with E-state index in [2.05, 4.69) is 71.1 Å². The van der Waals surface area contributed by atoms with E-state index in [-0.39, 0.29) is 0 Å². The minimum absolute atomic E-state index is 0.743. The molecule has 0 bridgehead atoms. The van der Waals surface area contributed by atoms with E-state index in [0.29, 0.717) is 0 Å². The van der Waals surface area contributed by atoms with Crippen LogP contribution in [0.25, 0.3) is 38.8 Å². The van der Waals surface area contributed by atoms with Gasteiger partial charge in [0.15, 0.2) is 0 Å². The lowest BCUT2D eigenvalue weighted by Crippen LogP contribution is -2.28. The molecule has 3 heteroatoms. The lowest BCUT2D eigenvalue weighted by atomic mass is 10.0. The van der Waals surface area contributed by atoms with Gasteiger partial charge in [-0.3, -0.25) is 0 Å². The largest absolute Gasteiger partial charge is 0.497 e. The number of nitrogens with zero attached hydrogens (tertiary/aromatic N) is 1. The van der Waals surface area contributed by atoms with E-state index in [1.165, 1.54) is 5.39 Å². The van der Waals surface area contributed by atoms with Crippen LogP contribution in [0.15, 0.2) is 97.1 Å². The average molecular weight is 397 g/mol. The van der Waals surface area contributed by atoms with E-state index in [1.54, 1.807) is 7.11 Å². The predicted octanol–water partition coefficient (Wildman–Crippen LogP) is 6.57. The normalized spacial score (nSPS) is 11.1. The summed E-state index contributed by atoms with van der Waals surface area (Å²) in [5.41, 5.74) is 5.69. The second kappa shape index (κ2) is 7.23. The molecule has 2 aromatic heterocycles. The number of methoxy groups -OCH3 is 1. The van der Waals surface area contributed by atoms with Crippen molar-refractivity contribution in [3.05, 3.63) is 102 Å². The third-order valence-electron chi connectivity index (χ3n) is 5.27. The molecule has 0 aliphatic carbocycles. The van der Waals surface area contributed by atoms with E-state index in [4.69, 9.17) is 16.3 Å². The van der Waals surface area contributed by atoms with Crippen molar-refractivity contribution in [2.75, 3.05) is 7.11 Å². The highest BCUT2D eigenvalue weighted by atomic mass is 35.5. The zero-order chi connectivity index (χ0) is 19.8. The van der Waals surface area contributed by atoms with Gasteiger partial charge in [-0.1, -0.05) is 29.8 Å². The number of pyridine rings is 2. The molecular weight excluding hydrogens is 378 g/mol. The highest BCUT2D eigenvalue weighted by Crippen LogP contribution is 2.29. The Bertz CT molecular complexity index is 1330. The molecule has 0 aliphatic rings. The number of fused-ring (bicyclic) bond motifs is 3. The van der Waals surface area contributed by atoms with Crippen LogP contribution in [0.3, 0.4) is 0 Å². The van der Waals surface area contributed by atoms with Crippen molar-refractivity contribution in [1.29, 1.82) is 0 Å². The van der Waals surface area contributed by atoms with Gasteiger partial charge in [0, 0.05) is 34.3 Å². The van der Waals surface area contributed by atoms with Crippen LogP contribution in [0.5, 0.6) is 5.75 Å². The van der Waals surface area contributed by atoms with Crippen LogP contribution < -0.4 is 9.14 Å². The van der Waals surface area contributed by atoms with Crippen LogP contribution in [-0.4, -0.2) is 7.11 Å². The van der Waals surface area contributed by atoms with Crippen LogP contribution in [0.4, 0.5) is 0 Å². The number of hydrogen-bond acceptors (Lipinski definition) is 1. The molecular formula is C26H19ClNO+. The van der Waals surface area contributed by atoms with Crippen LogP contribution in [0.2, 0.25) is 5.02 Å². The predicted molar refractivity (Wildman–Crippen MR) is 120 cm³/mol. The maximum Gasteiger partial charge on any atom is 0.219 e. The van der Waals surface area contributed by atoms with Gasteiger partial charge in [0.25, 0.3) is 0 Å². The van der Waals surface area contributed by atoms with Gasteiger partial charge >= 0.3 is 0 Å². The molecule has 0 aliphatic heterocycles. The minimum atomic E-state index is 0.743. The maximum atomic E-state index is 6.31. The molecule has 0 saturated heterocycles. The van der Waals surface area contributed by atoms with E-state index in [9.17, 15) is 0 Å². The molecule has 5 rings (SSSR count). The summed E-state index contributed by atoms with van der Waals surface area (Å²) >= 11 is 6.31. The Balaban J connectivity index is 1.90. The third-order valence-corrected chi connectivity index (χ3v) is 5.50. The van der Waals surface area contributed by atoms with Crippen LogP contribution >= 0.6 is 11.6 Å². The van der Waals surface area contributed by atoms with Crippen molar-refractivity contribution >= 4 is 27.9 Å². The fourth-order valence-corrected chi connectivity index (χ4v) is 4.07. The van der Waals surface area contributed by atoms with Gasteiger partial charge in [-0.25, -0.2) is 0 Å². The molecule has 0 unspecified atom stereocenters. The van der Waals surface area contributed by atoms with Gasteiger partial charge in [0.2, 0.25) is 16.9 Å². The second-order valence-electron chi connectivity index (χ2n) is 6.99. The van der Waals surface area contributed by atoms with Crippen LogP contribution in [-0.2, 0) is 0 Å². The first kappa shape index (κ1) is 17.7. The van der Waals surface area contributed by atoms with Gasteiger partial charge in [-0.2, -0.15) is 4.40 Å². The van der Waals surface area contributed by atoms with Gasteiger partial charge in [-0.15, -0.1) is 0 Å². The van der Waals surface area contributed by atoms with Gasteiger partial charge < -0.3 is 4.74 Å². The first-order valence-electron chi connectivity index (χ1n) is 9.51. The summed E-state index contributed by atoms with van der Waals surface area (Å²) in [5.74, 6) is 0.849. The minimum Gasteiger partial charge on any atom is -0.497 e. The van der Waals surface area contributed by atoms with E-state index >= 15 is 0 Å². The summed E-state index contributed by atoms with van der Waals surface area (Å²) < 4.78 is 7.66. The lowest BCUT2D eigenvalue weighted by molar-refractivity contribution is -0.485. The molecule has 5 aromatic rings. The number of ether oxygens (including phenoxy) is 1. The SMILES string of the molecule is COc1ccc(-c2cccc3c4ccc(Cl)cc4cc(-c4ccccc4)[n+]23)cc1. The molecule has 0 amide bonds. The zero-order valence-electron chi connectivity index (χ0n) is 16.0. The molecule has 140 valence electrons. The van der Waals surface area contributed by atoms with E-state index in [0.717, 1.165) is 44.2 Å². The molecule has 0 atom stereocenters. The van der Waals surface area contributed by atoms with Crippen LogP contribution in [0, 0.1) is 0 Å². The fraction of sp³-hybridized carbons (Fsp3) is 0.0385. The Morgan fingerprint density at radius 3 is 2.21 bits per heavy atom. The number of benzene rings is 3. The number of rotatable bonds is 3. The Hall–Kier alpha value is -3.36. The van der Waals surface area contributed by atoms with Crippen molar-refractivity contribution in [2.24, 2.45) is 0 Å². The zero-order valence-corrected chi connectivity index (χ0v) is 16.7. The number of halogens is 1. The van der Waals surface area contributed by atoms with Crippen molar-refractivity contribution < 1.29 is 9.14 Å². The molecule has 2 heterocycles. The highest BCUT2D eigenvalue weighted by Gasteiger charge is 2.21. The Morgan fingerprint density at radius 1 is 0.690 bits per heavy atom. The topological polar surface area (TPSA) is 13.3 Å². The summed E-state index contributed by atoms with van der Waals surface area (Å²) in [6.45, 7) is 0. The quantitative estimate of drug-likeness (QED) is 0.248. The monoisotopic (exact) mass is 396 g/mol. The summed E-state index contributed by atoms with van der Waals surface area (Å²) in [5, 5.41) is 3.04. The number of hydrogen-bond donors (Lipinski definition) is 0. The van der Waals surface area contributed by atoms with Crippen molar-refractivity contribution in [3.8, 4) is 28.3 Å². The Labute approximate surface area is 174 Å². The molecule has 0 spiro atoms. The second-order valence-corrected chi connectivity index (χ2v) is 7.42. The van der Waals surface area contributed by atoms with Crippen LogP contribution in [0.1, 0.15) is 0 Å². The first-order valence-corrected chi connectivity index (χ1v) is 9.89. The smallest absolute Gasteiger partial charge is 0.219 e. The summed E-state index contributed by atoms with van der Waals surface area (Å²) in [7, 11) is 1.69. The molecule has 3 aromatic carbocycles. The summed E-state index contributed by atoms with van der Waals surface area (Å²) in [6.07, 6.45) is 0. The van der Waals surface area contributed by atoms with E-state index in [1.807, 2.05) is 30.3 Å². The summed E-state index contributed by atoms with van der Waals surface area (Å²) in [4.78, 5) is 0. The van der Waals surface area contributed by atoms with Crippen molar-refractivity contribution in [1.82, 2.24) is 0 Å². The van der Waals surface area contributed by atoms with Gasteiger partial charge in [0.05, 0.1) is 12.5 Å². The Morgan fingerprint density at radius 2 is 1.45 bits per heavy atom. The highest BCUT2D eigenvalue weighted by molar-refractivity contribution is 6.31. The van der Waals surface area contributed by atoms with Gasteiger partial charge in [0.1, 0.15) is 5.75 Å². The molecule has 0 N–H and O–H groups in total. The fourth-order valence-electron chi connectivity index (χ4n) is 3.89. The van der Waals surface area contributed by atoms with E-state index < -0.39 is 0 Å². The lowest BCUT2D eigenvalue weighted by Gasteiger charge is -2.09. The standard InChI is InChI=1S/C26H19ClNO/c1-29-22-13-10-19(11-14-22)24-8-5-9-25-23-15-12-21(27)16-20(23)17-26(28(24)25)18-6-3-2-4-7-18/h2-17H,1H3/q+1.